The van der Waals surface area contributed by atoms with Crippen molar-refractivity contribution in [1.82, 2.24) is 0 Å². The maximum Gasteiger partial charge on any atom is 0.00399 e. The lowest BCUT2D eigenvalue weighted by atomic mass is 10.3. The molecule has 1 rings (SSSR count). The van der Waals surface area contributed by atoms with Crippen molar-refractivity contribution in [3.05, 3.63) is 30.3 Å². The van der Waals surface area contributed by atoms with Crippen molar-refractivity contribution in [3.63, 3.8) is 0 Å². The standard InChI is InChI=1S/C6H6S.C5H12.H2O/c7-6-4-2-1-3-5-6;1-3-5-4-2;/h1-5,7H;3-5H2,1-2H3;1H2. The molecule has 1 aromatic carbocycles. The molecule has 0 saturated heterocycles. The Morgan fingerprint density at radius 2 is 1.46 bits per heavy atom. The van der Waals surface area contributed by atoms with E-state index in [2.05, 4.69) is 26.5 Å². The topological polar surface area (TPSA) is 31.5 Å². The Labute approximate surface area is 86.9 Å². The van der Waals surface area contributed by atoms with Crippen LogP contribution in [0.5, 0.6) is 0 Å². The zero-order valence-electron chi connectivity index (χ0n) is 8.46. The van der Waals surface area contributed by atoms with E-state index in [9.17, 15) is 0 Å². The summed E-state index contributed by atoms with van der Waals surface area (Å²) in [6.07, 6.45) is 4.08. The predicted molar refractivity (Wildman–Crippen MR) is 62.5 cm³/mol. The van der Waals surface area contributed by atoms with Gasteiger partial charge in [-0.3, -0.25) is 0 Å². The Morgan fingerprint density at radius 1 is 1.00 bits per heavy atom. The average molecular weight is 200 g/mol. The van der Waals surface area contributed by atoms with Crippen LogP contribution in [0.15, 0.2) is 35.2 Å². The fourth-order valence-electron chi connectivity index (χ4n) is 0.782. The van der Waals surface area contributed by atoms with Crippen molar-refractivity contribution in [2.24, 2.45) is 0 Å². The minimum atomic E-state index is 0. The smallest absolute Gasteiger partial charge is 0.00399 e. The molecule has 0 spiro atoms. The molecule has 0 aliphatic heterocycles. The molecular weight excluding hydrogens is 180 g/mol. The highest BCUT2D eigenvalue weighted by Crippen LogP contribution is 2.00. The van der Waals surface area contributed by atoms with Gasteiger partial charge in [0.05, 0.1) is 0 Å². The maximum atomic E-state index is 4.08. The van der Waals surface area contributed by atoms with Gasteiger partial charge in [-0.25, -0.2) is 0 Å². The Balaban J connectivity index is 0. The third-order valence-corrected chi connectivity index (χ3v) is 1.76. The molecule has 0 saturated carbocycles. The first kappa shape index (κ1) is 15.0. The van der Waals surface area contributed by atoms with E-state index >= 15 is 0 Å². The molecule has 0 bridgehead atoms. The van der Waals surface area contributed by atoms with Gasteiger partial charge in [0.25, 0.3) is 0 Å². The molecule has 0 atom stereocenters. The van der Waals surface area contributed by atoms with E-state index < -0.39 is 0 Å². The number of unbranched alkanes of at least 4 members (excludes halogenated alkanes) is 2. The lowest BCUT2D eigenvalue weighted by Crippen LogP contribution is -1.59. The third-order valence-electron chi connectivity index (χ3n) is 1.46. The molecule has 0 aliphatic carbocycles. The molecule has 76 valence electrons. The molecule has 0 aliphatic rings. The summed E-state index contributed by atoms with van der Waals surface area (Å²) in [6.45, 7) is 4.42. The first-order valence-electron chi connectivity index (χ1n) is 4.55. The maximum absolute atomic E-state index is 4.08. The third kappa shape index (κ3) is 11.5. The SMILES string of the molecule is CCCCC.O.Sc1ccccc1. The van der Waals surface area contributed by atoms with Gasteiger partial charge < -0.3 is 5.48 Å². The van der Waals surface area contributed by atoms with E-state index in [-0.39, 0.29) is 5.48 Å². The molecule has 2 heteroatoms. The molecule has 1 nitrogen and oxygen atoms in total. The van der Waals surface area contributed by atoms with Gasteiger partial charge in [-0.2, -0.15) is 0 Å². The van der Waals surface area contributed by atoms with Crippen molar-refractivity contribution in [2.45, 2.75) is 38.0 Å². The second-order valence-electron chi connectivity index (χ2n) is 2.69. The van der Waals surface area contributed by atoms with E-state index in [4.69, 9.17) is 0 Å². The zero-order chi connectivity index (χ0) is 9.23. The summed E-state index contributed by atoms with van der Waals surface area (Å²) < 4.78 is 0. The van der Waals surface area contributed by atoms with Crippen molar-refractivity contribution < 1.29 is 5.48 Å². The summed E-state index contributed by atoms with van der Waals surface area (Å²) in [6, 6.07) is 9.79. The van der Waals surface area contributed by atoms with E-state index in [1.54, 1.807) is 0 Å². The van der Waals surface area contributed by atoms with Gasteiger partial charge >= 0.3 is 0 Å². The zero-order valence-corrected chi connectivity index (χ0v) is 9.35. The monoisotopic (exact) mass is 200 g/mol. The second-order valence-corrected chi connectivity index (χ2v) is 3.21. The van der Waals surface area contributed by atoms with Gasteiger partial charge in [0, 0.05) is 4.90 Å². The van der Waals surface area contributed by atoms with E-state index in [1.807, 2.05) is 30.3 Å². The Morgan fingerprint density at radius 3 is 1.62 bits per heavy atom. The fraction of sp³-hybridized carbons (Fsp3) is 0.455. The number of benzene rings is 1. The van der Waals surface area contributed by atoms with E-state index in [0.717, 1.165) is 4.90 Å². The summed E-state index contributed by atoms with van der Waals surface area (Å²) in [5.41, 5.74) is 0. The molecule has 0 radical (unpaired) electrons. The van der Waals surface area contributed by atoms with Crippen molar-refractivity contribution in [2.75, 3.05) is 0 Å². The quantitative estimate of drug-likeness (QED) is 0.710. The van der Waals surface area contributed by atoms with Crippen LogP contribution in [0.4, 0.5) is 0 Å². The molecule has 0 unspecified atom stereocenters. The van der Waals surface area contributed by atoms with Crippen LogP contribution in [-0.2, 0) is 0 Å². The molecule has 0 amide bonds. The van der Waals surface area contributed by atoms with E-state index in [0.29, 0.717) is 0 Å². The van der Waals surface area contributed by atoms with Crippen LogP contribution in [0, 0.1) is 0 Å². The second kappa shape index (κ2) is 11.5. The molecule has 13 heavy (non-hydrogen) atoms. The van der Waals surface area contributed by atoms with Gasteiger partial charge in [0.2, 0.25) is 0 Å². The number of rotatable bonds is 2. The summed E-state index contributed by atoms with van der Waals surface area (Å²) >= 11 is 4.08. The van der Waals surface area contributed by atoms with Crippen molar-refractivity contribution in [3.8, 4) is 0 Å². The fourth-order valence-corrected chi connectivity index (χ4v) is 0.954. The Kier molecular flexibility index (Phi) is 13.3. The first-order valence-corrected chi connectivity index (χ1v) is 5.00. The van der Waals surface area contributed by atoms with Gasteiger partial charge in [-0.1, -0.05) is 51.3 Å². The van der Waals surface area contributed by atoms with Crippen LogP contribution in [-0.4, -0.2) is 5.48 Å². The van der Waals surface area contributed by atoms with Crippen LogP contribution in [0.3, 0.4) is 0 Å². The summed E-state index contributed by atoms with van der Waals surface area (Å²) in [4.78, 5) is 1.02. The number of thiol groups is 1. The molecule has 2 N–H and O–H groups in total. The Hall–Kier alpha value is -0.470. The number of hydrogen-bond donors (Lipinski definition) is 1. The van der Waals surface area contributed by atoms with Crippen molar-refractivity contribution >= 4 is 12.6 Å². The lowest BCUT2D eigenvalue weighted by Gasteiger charge is -1.81. The molecule has 0 fully saturated rings. The van der Waals surface area contributed by atoms with Crippen molar-refractivity contribution in [1.29, 1.82) is 0 Å². The molecule has 0 heterocycles. The molecule has 0 aromatic heterocycles. The largest absolute Gasteiger partial charge is 0.412 e. The minimum Gasteiger partial charge on any atom is -0.412 e. The highest BCUT2D eigenvalue weighted by molar-refractivity contribution is 7.80. The van der Waals surface area contributed by atoms with Crippen LogP contribution in [0.1, 0.15) is 33.1 Å². The predicted octanol–water partition coefficient (Wildman–Crippen LogP) is 3.35. The van der Waals surface area contributed by atoms with Gasteiger partial charge in [0.15, 0.2) is 0 Å². The number of hydrogen-bond acceptors (Lipinski definition) is 1. The normalized spacial score (nSPS) is 7.92. The summed E-state index contributed by atoms with van der Waals surface area (Å²) in [5.74, 6) is 0. The average Bonchev–Trinajstić information content (AvgIpc) is 2.08. The lowest BCUT2D eigenvalue weighted by molar-refractivity contribution is 0.772. The summed E-state index contributed by atoms with van der Waals surface area (Å²) in [5, 5.41) is 0. The van der Waals surface area contributed by atoms with Crippen LogP contribution >= 0.6 is 12.6 Å². The highest BCUT2D eigenvalue weighted by atomic mass is 32.1. The van der Waals surface area contributed by atoms with Gasteiger partial charge in [-0.05, 0) is 12.1 Å². The van der Waals surface area contributed by atoms with Crippen LogP contribution in [0.2, 0.25) is 0 Å². The van der Waals surface area contributed by atoms with Gasteiger partial charge in [0.1, 0.15) is 0 Å². The minimum absolute atomic E-state index is 0. The Bertz CT molecular complexity index is 173. The molecule has 1 aromatic rings. The first-order chi connectivity index (χ1) is 5.81. The molecular formula is C11H20OS. The highest BCUT2D eigenvalue weighted by Gasteiger charge is 1.73. The van der Waals surface area contributed by atoms with E-state index in [1.165, 1.54) is 19.3 Å². The summed E-state index contributed by atoms with van der Waals surface area (Å²) in [7, 11) is 0. The van der Waals surface area contributed by atoms with Crippen LogP contribution in [0.25, 0.3) is 0 Å². The van der Waals surface area contributed by atoms with Gasteiger partial charge in [-0.15, -0.1) is 12.6 Å². The van der Waals surface area contributed by atoms with Crippen LogP contribution < -0.4 is 0 Å².